The van der Waals surface area contributed by atoms with Crippen molar-refractivity contribution in [3.8, 4) is 0 Å². The number of hydrogen-bond acceptors (Lipinski definition) is 3. The Labute approximate surface area is 159 Å². The zero-order valence-corrected chi connectivity index (χ0v) is 16.5. The molecular formula is C22H38O4. The molecule has 0 spiro atoms. The maximum Gasteiger partial charge on any atom is 0.303 e. The Bertz CT molecular complexity index is 430. The summed E-state index contributed by atoms with van der Waals surface area (Å²) in [5, 5.41) is 18.6. The van der Waals surface area contributed by atoms with Gasteiger partial charge in [0.2, 0.25) is 0 Å². The fraction of sp³-hybridized carbons (Fsp3) is 0.818. The van der Waals surface area contributed by atoms with E-state index >= 15 is 0 Å². The first kappa shape index (κ1) is 22.9. The Hall–Kier alpha value is -1.16. The zero-order valence-electron chi connectivity index (χ0n) is 16.5. The Balaban J connectivity index is 2.20. The molecule has 1 aliphatic carbocycles. The van der Waals surface area contributed by atoms with E-state index < -0.39 is 5.97 Å². The highest BCUT2D eigenvalue weighted by Gasteiger charge is 2.32. The molecule has 1 aliphatic rings. The molecule has 0 aliphatic heterocycles. The third-order valence-electron chi connectivity index (χ3n) is 5.49. The molecule has 1 saturated carbocycles. The average Bonchev–Trinajstić information content (AvgIpc) is 2.95. The Morgan fingerprint density at radius 1 is 1.12 bits per heavy atom. The maximum atomic E-state index is 12.2. The minimum absolute atomic E-state index is 0.140. The standard InChI is InChI=1S/C22H38O4/c1-2-3-8-11-19(23)16-14-18-15-17-21(24)20(18)12-9-6-4-5-7-10-13-22(25)26/h14,16,18-20,23H,2-13,15,17H2,1H3,(H,25,26)/b16-14+/t18-,19-,20+/m0/s1. The number of carbonyl (C=O) groups excluding carboxylic acids is 1. The summed E-state index contributed by atoms with van der Waals surface area (Å²) in [7, 11) is 0. The van der Waals surface area contributed by atoms with Crippen LogP contribution in [-0.4, -0.2) is 28.1 Å². The Morgan fingerprint density at radius 2 is 1.81 bits per heavy atom. The maximum absolute atomic E-state index is 12.2. The lowest BCUT2D eigenvalue weighted by Gasteiger charge is -2.15. The molecule has 4 nitrogen and oxygen atoms in total. The van der Waals surface area contributed by atoms with Gasteiger partial charge in [-0.2, -0.15) is 0 Å². The molecule has 0 radical (unpaired) electrons. The van der Waals surface area contributed by atoms with E-state index in [0.717, 1.165) is 77.0 Å². The third-order valence-corrected chi connectivity index (χ3v) is 5.49. The lowest BCUT2D eigenvalue weighted by atomic mass is 9.89. The highest BCUT2D eigenvalue weighted by Crippen LogP contribution is 2.34. The number of carboxylic acid groups (broad SMARTS) is 1. The highest BCUT2D eigenvalue weighted by molar-refractivity contribution is 5.83. The van der Waals surface area contributed by atoms with Crippen LogP contribution in [0.2, 0.25) is 0 Å². The molecule has 2 N–H and O–H groups in total. The smallest absolute Gasteiger partial charge is 0.303 e. The summed E-state index contributed by atoms with van der Waals surface area (Å²) in [5.41, 5.74) is 0. The SMILES string of the molecule is CCCCC[C@H](O)/C=C/[C@H]1CCC(=O)[C@@H]1CCCCCCCCC(=O)O. The number of ketones is 1. The van der Waals surface area contributed by atoms with Crippen LogP contribution in [0.5, 0.6) is 0 Å². The van der Waals surface area contributed by atoms with Crippen molar-refractivity contribution >= 4 is 11.8 Å². The number of rotatable bonds is 15. The van der Waals surface area contributed by atoms with E-state index in [1.54, 1.807) is 0 Å². The summed E-state index contributed by atoms with van der Waals surface area (Å²) < 4.78 is 0. The molecule has 0 saturated heterocycles. The zero-order chi connectivity index (χ0) is 19.2. The van der Waals surface area contributed by atoms with E-state index in [9.17, 15) is 14.7 Å². The fourth-order valence-corrected chi connectivity index (χ4v) is 3.86. The van der Waals surface area contributed by atoms with Crippen molar-refractivity contribution in [3.63, 3.8) is 0 Å². The molecule has 0 aromatic carbocycles. The number of aliphatic hydroxyl groups is 1. The number of carbonyl (C=O) groups is 2. The number of carboxylic acids is 1. The van der Waals surface area contributed by atoms with Gasteiger partial charge in [0.25, 0.3) is 0 Å². The predicted molar refractivity (Wildman–Crippen MR) is 105 cm³/mol. The van der Waals surface area contributed by atoms with Crippen LogP contribution in [0, 0.1) is 11.8 Å². The molecule has 150 valence electrons. The molecule has 0 heterocycles. The first-order valence-corrected chi connectivity index (χ1v) is 10.7. The molecule has 1 rings (SSSR count). The van der Waals surface area contributed by atoms with Gasteiger partial charge in [-0.25, -0.2) is 0 Å². The first-order valence-electron chi connectivity index (χ1n) is 10.7. The Kier molecular flexibility index (Phi) is 12.3. The summed E-state index contributed by atoms with van der Waals surface area (Å²) >= 11 is 0. The van der Waals surface area contributed by atoms with Gasteiger partial charge in [-0.3, -0.25) is 9.59 Å². The van der Waals surface area contributed by atoms with Crippen LogP contribution in [0.25, 0.3) is 0 Å². The van der Waals surface area contributed by atoms with Crippen LogP contribution >= 0.6 is 0 Å². The van der Waals surface area contributed by atoms with Crippen molar-refractivity contribution in [2.75, 3.05) is 0 Å². The summed E-state index contributed by atoms with van der Waals surface area (Å²) in [6, 6.07) is 0. The van der Waals surface area contributed by atoms with E-state index in [2.05, 4.69) is 13.0 Å². The number of hydrogen-bond donors (Lipinski definition) is 2. The number of aliphatic hydroxyl groups excluding tert-OH is 1. The Morgan fingerprint density at radius 3 is 2.50 bits per heavy atom. The van der Waals surface area contributed by atoms with Crippen LogP contribution < -0.4 is 0 Å². The number of Topliss-reactive ketones (excluding diaryl/α,β-unsaturated/α-hetero) is 1. The molecule has 0 unspecified atom stereocenters. The molecule has 4 heteroatoms. The summed E-state index contributed by atoms with van der Waals surface area (Å²) in [5.74, 6) is 0.126. The van der Waals surface area contributed by atoms with E-state index in [0.29, 0.717) is 18.1 Å². The molecule has 1 fully saturated rings. The monoisotopic (exact) mass is 366 g/mol. The fourth-order valence-electron chi connectivity index (χ4n) is 3.86. The van der Waals surface area contributed by atoms with Gasteiger partial charge < -0.3 is 10.2 Å². The molecule has 0 bridgehead atoms. The second-order valence-corrected chi connectivity index (χ2v) is 7.78. The van der Waals surface area contributed by atoms with Crippen LogP contribution in [-0.2, 0) is 9.59 Å². The molecule has 0 aromatic rings. The van der Waals surface area contributed by atoms with E-state index in [-0.39, 0.29) is 18.4 Å². The predicted octanol–water partition coefficient (Wildman–Crippen LogP) is 5.28. The van der Waals surface area contributed by atoms with Crippen LogP contribution in [0.15, 0.2) is 12.2 Å². The molecule has 0 aromatic heterocycles. The average molecular weight is 367 g/mol. The van der Waals surface area contributed by atoms with Crippen LogP contribution in [0.3, 0.4) is 0 Å². The van der Waals surface area contributed by atoms with Gasteiger partial charge in [-0.1, -0.05) is 70.4 Å². The van der Waals surface area contributed by atoms with Gasteiger partial charge in [0, 0.05) is 18.8 Å². The van der Waals surface area contributed by atoms with Gasteiger partial charge in [0.15, 0.2) is 0 Å². The second-order valence-electron chi connectivity index (χ2n) is 7.78. The normalized spacial score (nSPS) is 21.5. The third kappa shape index (κ3) is 10.1. The lowest BCUT2D eigenvalue weighted by Crippen LogP contribution is -2.14. The molecule has 0 amide bonds. The van der Waals surface area contributed by atoms with Crippen molar-refractivity contribution in [2.45, 2.75) is 103 Å². The second kappa shape index (κ2) is 14.0. The first-order chi connectivity index (χ1) is 12.5. The minimum Gasteiger partial charge on any atom is -0.481 e. The van der Waals surface area contributed by atoms with Gasteiger partial charge >= 0.3 is 5.97 Å². The number of unbranched alkanes of at least 4 members (excludes halogenated alkanes) is 7. The minimum atomic E-state index is -0.709. The van der Waals surface area contributed by atoms with E-state index in [1.807, 2.05) is 6.08 Å². The van der Waals surface area contributed by atoms with Gasteiger partial charge in [0.1, 0.15) is 5.78 Å². The largest absolute Gasteiger partial charge is 0.481 e. The number of allylic oxidation sites excluding steroid dienone is 1. The van der Waals surface area contributed by atoms with Crippen molar-refractivity contribution in [3.05, 3.63) is 12.2 Å². The molecule has 26 heavy (non-hydrogen) atoms. The van der Waals surface area contributed by atoms with Crippen molar-refractivity contribution in [2.24, 2.45) is 11.8 Å². The van der Waals surface area contributed by atoms with E-state index in [4.69, 9.17) is 5.11 Å². The van der Waals surface area contributed by atoms with Crippen LogP contribution in [0.1, 0.15) is 96.8 Å². The summed E-state index contributed by atoms with van der Waals surface area (Å²) in [6.45, 7) is 2.16. The van der Waals surface area contributed by atoms with Crippen molar-refractivity contribution in [1.82, 2.24) is 0 Å². The van der Waals surface area contributed by atoms with Gasteiger partial charge in [-0.05, 0) is 31.6 Å². The van der Waals surface area contributed by atoms with Crippen molar-refractivity contribution < 1.29 is 19.8 Å². The molecular weight excluding hydrogens is 328 g/mol. The van der Waals surface area contributed by atoms with Crippen molar-refractivity contribution in [1.29, 1.82) is 0 Å². The number of aliphatic carboxylic acids is 1. The van der Waals surface area contributed by atoms with Gasteiger partial charge in [0.05, 0.1) is 6.10 Å². The molecule has 3 atom stereocenters. The summed E-state index contributed by atoms with van der Waals surface area (Å²) in [6.07, 6.45) is 16.8. The van der Waals surface area contributed by atoms with Gasteiger partial charge in [-0.15, -0.1) is 0 Å². The lowest BCUT2D eigenvalue weighted by molar-refractivity contribution is -0.137. The van der Waals surface area contributed by atoms with E-state index in [1.165, 1.54) is 0 Å². The summed E-state index contributed by atoms with van der Waals surface area (Å²) in [4.78, 5) is 22.6. The topological polar surface area (TPSA) is 74.6 Å². The highest BCUT2D eigenvalue weighted by atomic mass is 16.4. The quantitative estimate of drug-likeness (QED) is 0.305. The van der Waals surface area contributed by atoms with Crippen LogP contribution in [0.4, 0.5) is 0 Å².